The van der Waals surface area contributed by atoms with E-state index in [1.54, 1.807) is 0 Å². The van der Waals surface area contributed by atoms with Crippen molar-refractivity contribution in [2.24, 2.45) is 11.5 Å². The Labute approximate surface area is 43.2 Å². The molecule has 0 bridgehead atoms. The average Bonchev–Trinajstić information content (AvgIpc) is 1.91. The Balaban J connectivity index is 2.54. The first-order valence-electron chi connectivity index (χ1n) is 2.52. The molecule has 0 amide bonds. The highest BCUT2D eigenvalue weighted by atomic mass is 14.7. The van der Waals surface area contributed by atoms with E-state index in [-0.39, 0.29) is 6.04 Å². The SMILES string of the molecule is NC1=CCCC1N. The molecule has 1 unspecified atom stereocenters. The van der Waals surface area contributed by atoms with Gasteiger partial charge in [-0.25, -0.2) is 0 Å². The van der Waals surface area contributed by atoms with Crippen LogP contribution < -0.4 is 11.5 Å². The van der Waals surface area contributed by atoms with Gasteiger partial charge in [0.1, 0.15) is 0 Å². The lowest BCUT2D eigenvalue weighted by Gasteiger charge is -1.99. The zero-order valence-corrected chi connectivity index (χ0v) is 4.22. The van der Waals surface area contributed by atoms with Crippen LogP contribution in [0, 0.1) is 0 Å². The molecule has 4 N–H and O–H groups in total. The Morgan fingerprint density at radius 3 is 2.57 bits per heavy atom. The van der Waals surface area contributed by atoms with E-state index in [1.807, 2.05) is 6.08 Å². The van der Waals surface area contributed by atoms with Crippen molar-refractivity contribution in [2.75, 3.05) is 0 Å². The van der Waals surface area contributed by atoms with Crippen molar-refractivity contribution in [1.82, 2.24) is 0 Å². The fourth-order valence-corrected chi connectivity index (χ4v) is 0.748. The molecule has 7 heavy (non-hydrogen) atoms. The quantitative estimate of drug-likeness (QED) is 0.446. The van der Waals surface area contributed by atoms with Gasteiger partial charge in [0.25, 0.3) is 0 Å². The third-order valence-corrected chi connectivity index (χ3v) is 1.29. The van der Waals surface area contributed by atoms with Crippen LogP contribution in [0.4, 0.5) is 0 Å². The van der Waals surface area contributed by atoms with E-state index in [4.69, 9.17) is 11.5 Å². The Hall–Kier alpha value is -0.500. The first kappa shape index (κ1) is 4.65. The molecule has 1 rings (SSSR count). The van der Waals surface area contributed by atoms with Crippen LogP contribution in [0.3, 0.4) is 0 Å². The number of rotatable bonds is 0. The summed E-state index contributed by atoms with van der Waals surface area (Å²) in [5.41, 5.74) is 11.8. The molecule has 0 aromatic rings. The second kappa shape index (κ2) is 1.54. The third kappa shape index (κ3) is 0.747. The van der Waals surface area contributed by atoms with Crippen molar-refractivity contribution in [2.45, 2.75) is 18.9 Å². The highest BCUT2D eigenvalue weighted by Gasteiger charge is 2.09. The first-order chi connectivity index (χ1) is 3.30. The second-order valence-electron chi connectivity index (χ2n) is 1.89. The van der Waals surface area contributed by atoms with Crippen molar-refractivity contribution in [1.29, 1.82) is 0 Å². The summed E-state index contributed by atoms with van der Waals surface area (Å²) < 4.78 is 0. The van der Waals surface area contributed by atoms with Crippen molar-refractivity contribution in [3.8, 4) is 0 Å². The average molecular weight is 98.1 g/mol. The fraction of sp³-hybridized carbons (Fsp3) is 0.600. The van der Waals surface area contributed by atoms with Gasteiger partial charge in [0, 0.05) is 11.7 Å². The Morgan fingerprint density at radius 2 is 2.43 bits per heavy atom. The van der Waals surface area contributed by atoms with Crippen LogP contribution in [0.15, 0.2) is 11.8 Å². The standard InChI is InChI=1S/C5H10N2/c6-4-2-1-3-5(4)7/h2,5H,1,3,6-7H2. The van der Waals surface area contributed by atoms with Gasteiger partial charge < -0.3 is 11.5 Å². The van der Waals surface area contributed by atoms with E-state index < -0.39 is 0 Å². The van der Waals surface area contributed by atoms with Gasteiger partial charge in [-0.15, -0.1) is 0 Å². The zero-order valence-electron chi connectivity index (χ0n) is 4.22. The van der Waals surface area contributed by atoms with Crippen molar-refractivity contribution >= 4 is 0 Å². The maximum atomic E-state index is 5.48. The fourth-order valence-electron chi connectivity index (χ4n) is 0.748. The maximum absolute atomic E-state index is 5.48. The van der Waals surface area contributed by atoms with Crippen LogP contribution in [0.5, 0.6) is 0 Å². The van der Waals surface area contributed by atoms with Crippen LogP contribution in [-0.4, -0.2) is 6.04 Å². The smallest absolute Gasteiger partial charge is 0.0442 e. The highest BCUT2D eigenvalue weighted by molar-refractivity contribution is 5.10. The van der Waals surface area contributed by atoms with Gasteiger partial charge >= 0.3 is 0 Å². The summed E-state index contributed by atoms with van der Waals surface area (Å²) in [5, 5.41) is 0. The van der Waals surface area contributed by atoms with Crippen molar-refractivity contribution < 1.29 is 0 Å². The summed E-state index contributed by atoms with van der Waals surface area (Å²) in [6, 6.07) is 0.153. The van der Waals surface area contributed by atoms with Crippen LogP contribution in [0.1, 0.15) is 12.8 Å². The minimum atomic E-state index is 0.153. The lowest BCUT2D eigenvalue weighted by molar-refractivity contribution is 0.746. The minimum absolute atomic E-state index is 0.153. The Kier molecular flexibility index (Phi) is 1.02. The van der Waals surface area contributed by atoms with E-state index >= 15 is 0 Å². The summed E-state index contributed by atoms with van der Waals surface area (Å²) in [6.07, 6.45) is 4.09. The summed E-state index contributed by atoms with van der Waals surface area (Å²) in [6.45, 7) is 0. The molecule has 2 heteroatoms. The first-order valence-corrected chi connectivity index (χ1v) is 2.52. The van der Waals surface area contributed by atoms with Gasteiger partial charge in [0.05, 0.1) is 0 Å². The zero-order chi connectivity index (χ0) is 5.28. The largest absolute Gasteiger partial charge is 0.401 e. The summed E-state index contributed by atoms with van der Waals surface area (Å²) in [5.74, 6) is 0. The lowest BCUT2D eigenvalue weighted by atomic mass is 10.2. The highest BCUT2D eigenvalue weighted by Crippen LogP contribution is 2.10. The predicted octanol–water partition coefficient (Wildman–Crippen LogP) is -0.0499. The van der Waals surface area contributed by atoms with E-state index in [1.165, 1.54) is 0 Å². The van der Waals surface area contributed by atoms with E-state index in [2.05, 4.69) is 0 Å². The molecule has 40 valence electrons. The minimum Gasteiger partial charge on any atom is -0.401 e. The molecule has 0 spiro atoms. The maximum Gasteiger partial charge on any atom is 0.0442 e. The molecule has 0 fully saturated rings. The van der Waals surface area contributed by atoms with Crippen molar-refractivity contribution in [3.63, 3.8) is 0 Å². The predicted molar refractivity (Wildman–Crippen MR) is 29.5 cm³/mol. The van der Waals surface area contributed by atoms with Gasteiger partial charge in [0.15, 0.2) is 0 Å². The summed E-state index contributed by atoms with van der Waals surface area (Å²) >= 11 is 0. The molecular weight excluding hydrogens is 88.1 g/mol. The molecule has 0 aromatic heterocycles. The molecule has 0 heterocycles. The van der Waals surface area contributed by atoms with Gasteiger partial charge in [0.2, 0.25) is 0 Å². The van der Waals surface area contributed by atoms with E-state index in [9.17, 15) is 0 Å². The molecule has 0 saturated carbocycles. The number of hydrogen-bond acceptors (Lipinski definition) is 2. The van der Waals surface area contributed by atoms with Crippen molar-refractivity contribution in [3.05, 3.63) is 11.8 Å². The van der Waals surface area contributed by atoms with Crippen LogP contribution >= 0.6 is 0 Å². The van der Waals surface area contributed by atoms with E-state index in [0.29, 0.717) is 0 Å². The molecule has 0 radical (unpaired) electrons. The molecule has 0 aromatic carbocycles. The molecule has 1 aliphatic carbocycles. The van der Waals surface area contributed by atoms with Crippen LogP contribution in [-0.2, 0) is 0 Å². The van der Waals surface area contributed by atoms with Gasteiger partial charge in [-0.3, -0.25) is 0 Å². The Morgan fingerprint density at radius 1 is 1.71 bits per heavy atom. The van der Waals surface area contributed by atoms with Gasteiger partial charge in [-0.1, -0.05) is 6.08 Å². The summed E-state index contributed by atoms with van der Waals surface area (Å²) in [4.78, 5) is 0. The summed E-state index contributed by atoms with van der Waals surface area (Å²) in [7, 11) is 0. The lowest BCUT2D eigenvalue weighted by Crippen LogP contribution is -2.23. The molecule has 0 aliphatic heterocycles. The molecule has 1 aliphatic rings. The number of hydrogen-bond donors (Lipinski definition) is 2. The Bertz CT molecular complexity index is 96.3. The monoisotopic (exact) mass is 98.1 g/mol. The number of nitrogens with two attached hydrogens (primary N) is 2. The van der Waals surface area contributed by atoms with Crippen LogP contribution in [0.2, 0.25) is 0 Å². The molecule has 2 nitrogen and oxygen atoms in total. The number of allylic oxidation sites excluding steroid dienone is 1. The molecular formula is C5H10N2. The molecule has 1 atom stereocenters. The topological polar surface area (TPSA) is 52.0 Å². The normalized spacial score (nSPS) is 30.4. The van der Waals surface area contributed by atoms with E-state index in [0.717, 1.165) is 18.5 Å². The molecule has 0 saturated heterocycles. The third-order valence-electron chi connectivity index (χ3n) is 1.29. The second-order valence-corrected chi connectivity index (χ2v) is 1.89. The van der Waals surface area contributed by atoms with Crippen LogP contribution in [0.25, 0.3) is 0 Å². The van der Waals surface area contributed by atoms with Gasteiger partial charge in [-0.2, -0.15) is 0 Å². The van der Waals surface area contributed by atoms with Gasteiger partial charge in [-0.05, 0) is 12.8 Å².